The molecule has 0 aliphatic carbocycles. The van der Waals surface area contributed by atoms with Crippen LogP contribution in [0.15, 0.2) is 80.4 Å². The van der Waals surface area contributed by atoms with Crippen molar-refractivity contribution in [2.45, 2.75) is 0 Å². The third kappa shape index (κ3) is 6.80. The van der Waals surface area contributed by atoms with Crippen LogP contribution in [-0.2, 0) is 14.4 Å². The highest BCUT2D eigenvalue weighted by atomic mass is 16.5. The number of esters is 3. The number of benzene rings is 2. The molecule has 0 amide bonds. The Labute approximate surface area is 168 Å². The first-order valence-corrected chi connectivity index (χ1v) is 8.39. The molecule has 0 spiro atoms. The van der Waals surface area contributed by atoms with Gasteiger partial charge < -0.3 is 14.2 Å². The minimum absolute atomic E-state index is 0.190. The van der Waals surface area contributed by atoms with E-state index >= 15 is 0 Å². The van der Waals surface area contributed by atoms with E-state index in [1.54, 1.807) is 48.6 Å². The molecule has 0 saturated carbocycles. The first kappa shape index (κ1) is 21.1. The molecule has 6 nitrogen and oxygen atoms in total. The van der Waals surface area contributed by atoms with Crippen LogP contribution in [0, 0.1) is 0 Å². The minimum atomic E-state index is -0.642. The zero-order chi connectivity index (χ0) is 21.2. The molecule has 0 aliphatic heterocycles. The zero-order valence-corrected chi connectivity index (χ0v) is 15.5. The molecular weight excluding hydrogens is 372 g/mol. The largest absolute Gasteiger partial charge is 0.423 e. The van der Waals surface area contributed by atoms with Gasteiger partial charge in [-0.2, -0.15) is 0 Å². The van der Waals surface area contributed by atoms with Crippen LogP contribution >= 0.6 is 0 Å². The van der Waals surface area contributed by atoms with Crippen LogP contribution in [0.3, 0.4) is 0 Å². The van der Waals surface area contributed by atoms with Gasteiger partial charge >= 0.3 is 17.9 Å². The van der Waals surface area contributed by atoms with Crippen molar-refractivity contribution in [3.8, 4) is 17.2 Å². The van der Waals surface area contributed by atoms with Gasteiger partial charge in [0.05, 0.1) is 0 Å². The van der Waals surface area contributed by atoms with Crippen molar-refractivity contribution < 1.29 is 28.6 Å². The number of ether oxygens (including phenoxy) is 3. The maximum absolute atomic E-state index is 11.5. The highest BCUT2D eigenvalue weighted by Crippen LogP contribution is 2.25. The molecule has 6 heteroatoms. The average Bonchev–Trinajstić information content (AvgIpc) is 2.72. The molecule has 0 saturated heterocycles. The average molecular weight is 390 g/mol. The Morgan fingerprint density at radius 2 is 1.00 bits per heavy atom. The monoisotopic (exact) mass is 390 g/mol. The summed E-state index contributed by atoms with van der Waals surface area (Å²) in [6.45, 7) is 10.0. The normalized spacial score (nSPS) is 10.1. The van der Waals surface area contributed by atoms with E-state index in [4.69, 9.17) is 14.2 Å². The Kier molecular flexibility index (Phi) is 7.44. The number of hydrogen-bond acceptors (Lipinski definition) is 6. The summed E-state index contributed by atoms with van der Waals surface area (Å²) in [5.74, 6) is -1.05. The van der Waals surface area contributed by atoms with Crippen molar-refractivity contribution in [1.82, 2.24) is 0 Å². The highest BCUT2D eigenvalue weighted by Gasteiger charge is 2.07. The Balaban J connectivity index is 2.24. The lowest BCUT2D eigenvalue weighted by Crippen LogP contribution is -2.06. The van der Waals surface area contributed by atoms with Gasteiger partial charge in [-0.05, 0) is 35.4 Å². The molecule has 0 fully saturated rings. The standard InChI is InChI=1S/C23H18O6/c1-4-21(24)27-18-11-9-16(10-12-18)7-8-17-13-19(28-22(25)5-2)15-20(14-17)29-23(26)6-3/h4-15H,1-3H2. The number of carbonyl (C=O) groups excluding carboxylic acids is 3. The van der Waals surface area contributed by atoms with Gasteiger partial charge in [-0.25, -0.2) is 14.4 Å². The predicted octanol–water partition coefficient (Wildman–Crippen LogP) is 4.13. The maximum atomic E-state index is 11.5. The van der Waals surface area contributed by atoms with Gasteiger partial charge in [-0.3, -0.25) is 0 Å². The van der Waals surface area contributed by atoms with Crippen LogP contribution in [0.25, 0.3) is 12.2 Å². The molecule has 0 radical (unpaired) electrons. The molecule has 0 aliphatic rings. The van der Waals surface area contributed by atoms with Crippen LogP contribution in [0.1, 0.15) is 11.1 Å². The van der Waals surface area contributed by atoms with E-state index in [1.165, 1.54) is 6.07 Å². The predicted molar refractivity (Wildman–Crippen MR) is 109 cm³/mol. The molecule has 146 valence electrons. The molecule has 29 heavy (non-hydrogen) atoms. The second-order valence-electron chi connectivity index (χ2n) is 5.52. The molecule has 0 heterocycles. The second kappa shape index (κ2) is 10.2. The third-order valence-corrected chi connectivity index (χ3v) is 3.41. The molecule has 0 N–H and O–H groups in total. The van der Waals surface area contributed by atoms with E-state index in [0.29, 0.717) is 11.3 Å². The summed E-state index contributed by atoms with van der Waals surface area (Å²) in [5.41, 5.74) is 1.44. The van der Waals surface area contributed by atoms with Gasteiger partial charge in [0.25, 0.3) is 0 Å². The van der Waals surface area contributed by atoms with Crippen LogP contribution in [0.4, 0.5) is 0 Å². The Morgan fingerprint density at radius 3 is 1.45 bits per heavy atom. The topological polar surface area (TPSA) is 78.9 Å². The van der Waals surface area contributed by atoms with E-state index < -0.39 is 17.9 Å². The van der Waals surface area contributed by atoms with E-state index in [0.717, 1.165) is 23.8 Å². The summed E-state index contributed by atoms with van der Waals surface area (Å²) in [6.07, 6.45) is 6.65. The smallest absolute Gasteiger partial charge is 0.335 e. The van der Waals surface area contributed by atoms with Crippen LogP contribution < -0.4 is 14.2 Å². The van der Waals surface area contributed by atoms with E-state index in [1.807, 2.05) is 0 Å². The van der Waals surface area contributed by atoms with Crippen LogP contribution in [-0.4, -0.2) is 17.9 Å². The van der Waals surface area contributed by atoms with Gasteiger partial charge in [0.2, 0.25) is 0 Å². The Morgan fingerprint density at radius 1 is 0.586 bits per heavy atom. The molecule has 0 aromatic heterocycles. The molecule has 2 aromatic carbocycles. The van der Waals surface area contributed by atoms with E-state index in [-0.39, 0.29) is 11.5 Å². The maximum Gasteiger partial charge on any atom is 0.335 e. The minimum Gasteiger partial charge on any atom is -0.423 e. The van der Waals surface area contributed by atoms with Crippen molar-refractivity contribution in [1.29, 1.82) is 0 Å². The fourth-order valence-corrected chi connectivity index (χ4v) is 2.12. The fraction of sp³-hybridized carbons (Fsp3) is 0. The van der Waals surface area contributed by atoms with Crippen molar-refractivity contribution in [3.05, 3.63) is 91.6 Å². The van der Waals surface area contributed by atoms with Crippen molar-refractivity contribution in [3.63, 3.8) is 0 Å². The Bertz CT molecular complexity index is 943. The first-order valence-electron chi connectivity index (χ1n) is 8.39. The third-order valence-electron chi connectivity index (χ3n) is 3.41. The summed E-state index contributed by atoms with van der Waals surface area (Å²) in [6, 6.07) is 11.4. The van der Waals surface area contributed by atoms with E-state index in [2.05, 4.69) is 19.7 Å². The number of hydrogen-bond donors (Lipinski definition) is 0. The van der Waals surface area contributed by atoms with E-state index in [9.17, 15) is 14.4 Å². The lowest BCUT2D eigenvalue weighted by molar-refractivity contribution is -0.130. The second-order valence-corrected chi connectivity index (χ2v) is 5.52. The van der Waals surface area contributed by atoms with Gasteiger partial charge in [-0.1, -0.05) is 44.0 Å². The quantitative estimate of drug-likeness (QED) is 0.292. The van der Waals surface area contributed by atoms with Gasteiger partial charge in [0.15, 0.2) is 0 Å². The summed E-state index contributed by atoms with van der Waals surface area (Å²) >= 11 is 0. The molecule has 0 bridgehead atoms. The molecule has 0 unspecified atom stereocenters. The summed E-state index contributed by atoms with van der Waals surface area (Å²) in [5, 5.41) is 0. The summed E-state index contributed by atoms with van der Waals surface area (Å²) in [4.78, 5) is 34.1. The number of rotatable bonds is 8. The van der Waals surface area contributed by atoms with Gasteiger partial charge in [-0.15, -0.1) is 0 Å². The lowest BCUT2D eigenvalue weighted by atomic mass is 10.1. The summed E-state index contributed by atoms with van der Waals surface area (Å²) in [7, 11) is 0. The SMILES string of the molecule is C=CC(=O)Oc1ccc(C=Cc2cc(OC(=O)C=C)cc(OC(=O)C=C)c2)cc1. The van der Waals surface area contributed by atoms with Crippen molar-refractivity contribution >= 4 is 30.1 Å². The highest BCUT2D eigenvalue weighted by molar-refractivity contribution is 5.85. The molecular formula is C23H18O6. The van der Waals surface area contributed by atoms with Crippen molar-refractivity contribution in [2.24, 2.45) is 0 Å². The first-order chi connectivity index (χ1) is 13.9. The fourth-order valence-electron chi connectivity index (χ4n) is 2.12. The summed E-state index contributed by atoms with van der Waals surface area (Å²) < 4.78 is 15.2. The Hall–Kier alpha value is -4.19. The van der Waals surface area contributed by atoms with Crippen LogP contribution in [0.2, 0.25) is 0 Å². The molecule has 2 rings (SSSR count). The van der Waals surface area contributed by atoms with Crippen LogP contribution in [0.5, 0.6) is 17.2 Å². The zero-order valence-electron chi connectivity index (χ0n) is 15.5. The lowest BCUT2D eigenvalue weighted by Gasteiger charge is -2.07. The van der Waals surface area contributed by atoms with Gasteiger partial charge in [0.1, 0.15) is 17.2 Å². The number of carbonyl (C=O) groups is 3. The molecule has 0 atom stereocenters. The molecule has 2 aromatic rings. The van der Waals surface area contributed by atoms with Gasteiger partial charge in [0, 0.05) is 24.3 Å². The van der Waals surface area contributed by atoms with Crippen molar-refractivity contribution in [2.75, 3.05) is 0 Å².